The maximum absolute atomic E-state index is 12.8. The highest BCUT2D eigenvalue weighted by Crippen LogP contribution is 2.38. The van der Waals surface area contributed by atoms with Crippen molar-refractivity contribution in [1.82, 2.24) is 10.3 Å². The summed E-state index contributed by atoms with van der Waals surface area (Å²) in [5.74, 6) is 0. The van der Waals surface area contributed by atoms with Crippen LogP contribution in [0.1, 0.15) is 22.9 Å². The van der Waals surface area contributed by atoms with Crippen molar-refractivity contribution in [3.63, 3.8) is 0 Å². The van der Waals surface area contributed by atoms with Gasteiger partial charge in [0.1, 0.15) is 5.69 Å². The summed E-state index contributed by atoms with van der Waals surface area (Å²) in [6.45, 7) is 1.07. The lowest BCUT2D eigenvalue weighted by molar-refractivity contribution is -0.141. The van der Waals surface area contributed by atoms with Crippen LogP contribution in [-0.2, 0) is 17.5 Å². The van der Waals surface area contributed by atoms with Crippen molar-refractivity contribution in [3.05, 3.63) is 53.3 Å². The van der Waals surface area contributed by atoms with Crippen LogP contribution in [0.15, 0.2) is 36.5 Å². The van der Waals surface area contributed by atoms with Crippen LogP contribution < -0.4 is 5.32 Å². The number of nitrogens with zero attached hydrogens (tertiary/aromatic N) is 1. The van der Waals surface area contributed by atoms with Crippen LogP contribution in [0.25, 0.3) is 11.1 Å². The molecule has 0 radical (unpaired) electrons. The number of likely N-dealkylation sites (N-methyl/N-ethyl adjacent to an activating group) is 1. The van der Waals surface area contributed by atoms with Gasteiger partial charge in [0.25, 0.3) is 0 Å². The number of benzene rings is 1. The minimum Gasteiger partial charge on any atom is -0.367 e. The minimum absolute atomic E-state index is 0.0659. The van der Waals surface area contributed by atoms with Crippen molar-refractivity contribution in [1.29, 1.82) is 0 Å². The Morgan fingerprint density at radius 1 is 1.32 bits per heavy atom. The van der Waals surface area contributed by atoms with E-state index in [1.54, 1.807) is 6.07 Å². The van der Waals surface area contributed by atoms with Gasteiger partial charge >= 0.3 is 6.18 Å². The first-order valence-corrected chi connectivity index (χ1v) is 6.92. The second-order valence-corrected chi connectivity index (χ2v) is 5.16. The molecule has 0 saturated carbocycles. The predicted octanol–water partition coefficient (Wildman–Crippen LogP) is 3.56. The van der Waals surface area contributed by atoms with Crippen LogP contribution in [0, 0.1) is 0 Å². The van der Waals surface area contributed by atoms with Crippen LogP contribution >= 0.6 is 0 Å². The average Bonchev–Trinajstić information content (AvgIpc) is 2.90. The fourth-order valence-electron chi connectivity index (χ4n) is 2.72. The molecule has 6 heteroatoms. The first kappa shape index (κ1) is 15.0. The standard InChI is InChI=1S/C16H15F3N2O/c1-20-8-14-12-4-2-3-11(13(12)9-22-14)10-5-6-21-15(7-10)16(17,18)19/h2-7,14,20H,8-9H2,1H3/t14-/m0/s1. The lowest BCUT2D eigenvalue weighted by Gasteiger charge is -2.12. The Labute approximate surface area is 126 Å². The zero-order chi connectivity index (χ0) is 15.7. The molecule has 1 N–H and O–H groups in total. The molecular weight excluding hydrogens is 293 g/mol. The van der Waals surface area contributed by atoms with Gasteiger partial charge in [-0.25, -0.2) is 0 Å². The van der Waals surface area contributed by atoms with Gasteiger partial charge in [0, 0.05) is 12.7 Å². The SMILES string of the molecule is CNC[C@@H]1OCc2c(-c3ccnc(C(F)(F)F)c3)cccc21. The lowest BCUT2D eigenvalue weighted by atomic mass is 9.95. The highest BCUT2D eigenvalue weighted by atomic mass is 19.4. The second kappa shape index (κ2) is 5.70. The zero-order valence-corrected chi connectivity index (χ0v) is 11.9. The molecular formula is C16H15F3N2O. The van der Waals surface area contributed by atoms with Gasteiger partial charge in [-0.15, -0.1) is 0 Å². The Morgan fingerprint density at radius 3 is 2.86 bits per heavy atom. The third kappa shape index (κ3) is 2.71. The molecule has 3 rings (SSSR count). The topological polar surface area (TPSA) is 34.1 Å². The number of aromatic nitrogens is 1. The molecule has 0 aliphatic carbocycles. The molecule has 2 aromatic rings. The van der Waals surface area contributed by atoms with Gasteiger partial charge in [-0.2, -0.15) is 13.2 Å². The van der Waals surface area contributed by atoms with Gasteiger partial charge in [-0.05, 0) is 41.4 Å². The number of nitrogens with one attached hydrogen (secondary N) is 1. The lowest BCUT2D eigenvalue weighted by Crippen LogP contribution is -2.16. The molecule has 0 unspecified atom stereocenters. The molecule has 0 fully saturated rings. The van der Waals surface area contributed by atoms with Crippen LogP contribution in [0.5, 0.6) is 0 Å². The molecule has 0 amide bonds. The quantitative estimate of drug-likeness (QED) is 0.941. The maximum atomic E-state index is 12.8. The summed E-state index contributed by atoms with van der Waals surface area (Å²) in [5, 5.41) is 3.06. The van der Waals surface area contributed by atoms with E-state index in [-0.39, 0.29) is 6.10 Å². The van der Waals surface area contributed by atoms with E-state index in [9.17, 15) is 13.2 Å². The molecule has 1 aromatic heterocycles. The van der Waals surface area contributed by atoms with E-state index in [0.717, 1.165) is 22.8 Å². The molecule has 0 bridgehead atoms. The predicted molar refractivity (Wildman–Crippen MR) is 76.1 cm³/mol. The van der Waals surface area contributed by atoms with E-state index < -0.39 is 11.9 Å². The number of pyridine rings is 1. The normalized spacial score (nSPS) is 17.5. The van der Waals surface area contributed by atoms with E-state index in [0.29, 0.717) is 18.7 Å². The Balaban J connectivity index is 2.04. The Morgan fingerprint density at radius 2 is 2.14 bits per heavy atom. The summed E-state index contributed by atoms with van der Waals surface area (Å²) in [5.41, 5.74) is 2.37. The molecule has 1 aliphatic rings. The molecule has 2 heterocycles. The Kier molecular flexibility index (Phi) is 3.88. The van der Waals surface area contributed by atoms with Crippen LogP contribution in [-0.4, -0.2) is 18.6 Å². The molecule has 3 nitrogen and oxygen atoms in total. The zero-order valence-electron chi connectivity index (χ0n) is 11.9. The number of ether oxygens (including phenoxy) is 1. The summed E-state index contributed by atoms with van der Waals surface area (Å²) in [7, 11) is 1.84. The Bertz CT molecular complexity index is 685. The number of fused-ring (bicyclic) bond motifs is 1. The second-order valence-electron chi connectivity index (χ2n) is 5.16. The van der Waals surface area contributed by atoms with Gasteiger partial charge in [0.15, 0.2) is 0 Å². The third-order valence-corrected chi connectivity index (χ3v) is 3.74. The van der Waals surface area contributed by atoms with Crippen LogP contribution in [0.3, 0.4) is 0 Å². The van der Waals surface area contributed by atoms with Gasteiger partial charge < -0.3 is 10.1 Å². The fourth-order valence-corrected chi connectivity index (χ4v) is 2.72. The fraction of sp³-hybridized carbons (Fsp3) is 0.312. The number of rotatable bonds is 3. The molecule has 1 aromatic carbocycles. The number of halogens is 3. The van der Waals surface area contributed by atoms with Gasteiger partial charge in [0.05, 0.1) is 12.7 Å². The van der Waals surface area contributed by atoms with E-state index in [4.69, 9.17) is 4.74 Å². The molecule has 1 atom stereocenters. The largest absolute Gasteiger partial charge is 0.433 e. The monoisotopic (exact) mass is 308 g/mol. The van der Waals surface area contributed by atoms with E-state index in [2.05, 4.69) is 10.3 Å². The van der Waals surface area contributed by atoms with E-state index in [1.165, 1.54) is 6.20 Å². The highest BCUT2D eigenvalue weighted by molar-refractivity contribution is 5.69. The van der Waals surface area contributed by atoms with Crippen molar-refractivity contribution in [2.75, 3.05) is 13.6 Å². The average molecular weight is 308 g/mol. The van der Waals surface area contributed by atoms with E-state index in [1.807, 2.05) is 25.2 Å². The molecule has 1 aliphatic heterocycles. The van der Waals surface area contributed by atoms with Crippen molar-refractivity contribution >= 4 is 0 Å². The van der Waals surface area contributed by atoms with Gasteiger partial charge in [-0.3, -0.25) is 4.98 Å². The van der Waals surface area contributed by atoms with Gasteiger partial charge in [0.2, 0.25) is 0 Å². The van der Waals surface area contributed by atoms with Crippen molar-refractivity contribution in [2.45, 2.75) is 18.9 Å². The Hall–Kier alpha value is -1.92. The first-order chi connectivity index (χ1) is 10.5. The van der Waals surface area contributed by atoms with Gasteiger partial charge in [-0.1, -0.05) is 18.2 Å². The summed E-state index contributed by atoms with van der Waals surface area (Å²) < 4.78 is 44.2. The van der Waals surface area contributed by atoms with Crippen LogP contribution in [0.4, 0.5) is 13.2 Å². The highest BCUT2D eigenvalue weighted by Gasteiger charge is 2.33. The van der Waals surface area contributed by atoms with Crippen LogP contribution in [0.2, 0.25) is 0 Å². The number of hydrogen-bond donors (Lipinski definition) is 1. The summed E-state index contributed by atoms with van der Waals surface area (Å²) in [4.78, 5) is 3.41. The maximum Gasteiger partial charge on any atom is 0.433 e. The summed E-state index contributed by atoms with van der Waals surface area (Å²) >= 11 is 0. The molecule has 116 valence electrons. The molecule has 0 spiro atoms. The van der Waals surface area contributed by atoms with Crippen molar-refractivity contribution in [2.24, 2.45) is 0 Å². The number of hydrogen-bond acceptors (Lipinski definition) is 3. The smallest absolute Gasteiger partial charge is 0.367 e. The number of alkyl halides is 3. The third-order valence-electron chi connectivity index (χ3n) is 3.74. The first-order valence-electron chi connectivity index (χ1n) is 6.92. The molecule has 0 saturated heterocycles. The molecule has 22 heavy (non-hydrogen) atoms. The summed E-state index contributed by atoms with van der Waals surface area (Å²) in [6, 6.07) is 8.30. The van der Waals surface area contributed by atoms with Crippen molar-refractivity contribution < 1.29 is 17.9 Å². The minimum atomic E-state index is -4.45. The van der Waals surface area contributed by atoms with Crippen molar-refractivity contribution in [3.8, 4) is 11.1 Å². The van der Waals surface area contributed by atoms with E-state index >= 15 is 0 Å². The summed E-state index contributed by atoms with van der Waals surface area (Å²) in [6.07, 6.45) is -3.32.